The molecule has 1 atom stereocenters. The Labute approximate surface area is 247 Å². The molecule has 0 saturated carbocycles. The van der Waals surface area contributed by atoms with Crippen LogP contribution in [0.1, 0.15) is 53.8 Å². The van der Waals surface area contributed by atoms with Gasteiger partial charge in [-0.05, 0) is 42.5 Å². The van der Waals surface area contributed by atoms with Crippen LogP contribution in [0.15, 0.2) is 84.9 Å². The van der Waals surface area contributed by atoms with Crippen molar-refractivity contribution in [1.82, 2.24) is 10.2 Å². The molecule has 1 fully saturated rings. The zero-order chi connectivity index (χ0) is 28.6. The number of carbonyl (C=O) groups is 1. The monoisotopic (exact) mass is 603 g/mol. The topological polar surface area (TPSA) is 182 Å². The second-order valence-electron chi connectivity index (χ2n) is 10.00. The number of likely N-dealkylation sites (tertiary alicyclic amines) is 1. The van der Waals surface area contributed by atoms with Crippen LogP contribution in [-0.4, -0.2) is 72.1 Å². The number of rotatable bonds is 8. The largest absolute Gasteiger partial charge is 0.412 e. The quantitative estimate of drug-likeness (QED) is 0.328. The van der Waals surface area contributed by atoms with Gasteiger partial charge < -0.3 is 30.8 Å². The Morgan fingerprint density at radius 3 is 2.02 bits per heavy atom. The molecule has 2 aliphatic heterocycles. The van der Waals surface area contributed by atoms with Gasteiger partial charge in [0.25, 0.3) is 5.91 Å². The highest BCUT2D eigenvalue weighted by molar-refractivity contribution is 7.79. The van der Waals surface area contributed by atoms with Crippen LogP contribution in [0, 0.1) is 0 Å². The second-order valence-corrected chi connectivity index (χ2v) is 10.9. The zero-order valence-electron chi connectivity index (χ0n) is 23.6. The van der Waals surface area contributed by atoms with Crippen molar-refractivity contribution >= 4 is 22.0 Å². The highest BCUT2D eigenvalue weighted by Gasteiger charge is 2.38. The summed E-state index contributed by atoms with van der Waals surface area (Å²) in [6, 6.07) is 28.9. The normalized spacial score (nSPS) is 17.8. The van der Waals surface area contributed by atoms with E-state index in [-0.39, 0.29) is 28.6 Å². The number of fused-ring (bicyclic) bond motifs is 1. The van der Waals surface area contributed by atoms with Gasteiger partial charge in [-0.3, -0.25) is 13.9 Å². The molecule has 2 aliphatic rings. The summed E-state index contributed by atoms with van der Waals surface area (Å²) in [6.07, 6.45) is 2.85. The third-order valence-electron chi connectivity index (χ3n) is 7.36. The first kappa shape index (κ1) is 34.8. The minimum absolute atomic E-state index is 0. The van der Waals surface area contributed by atoms with Gasteiger partial charge in [-0.2, -0.15) is 8.42 Å². The van der Waals surface area contributed by atoms with Gasteiger partial charge in [0.05, 0.1) is 16.9 Å². The highest BCUT2D eigenvalue weighted by Crippen LogP contribution is 2.37. The predicted molar refractivity (Wildman–Crippen MR) is 162 cm³/mol. The number of ether oxygens (including phenoxy) is 1. The number of hydrogen-bond acceptors (Lipinski definition) is 6. The van der Waals surface area contributed by atoms with Crippen molar-refractivity contribution in [1.29, 1.82) is 0 Å². The molecule has 0 radical (unpaired) electrons. The lowest BCUT2D eigenvalue weighted by Crippen LogP contribution is -2.51. The molecule has 1 amide bonds. The highest BCUT2D eigenvalue weighted by atomic mass is 32.3. The van der Waals surface area contributed by atoms with E-state index in [9.17, 15) is 4.79 Å². The molecule has 0 bridgehead atoms. The van der Waals surface area contributed by atoms with Crippen LogP contribution in [0.3, 0.4) is 0 Å². The van der Waals surface area contributed by atoms with E-state index >= 15 is 0 Å². The molecule has 5 rings (SSSR count). The Morgan fingerprint density at radius 2 is 1.43 bits per heavy atom. The van der Waals surface area contributed by atoms with E-state index in [1.165, 1.54) is 5.56 Å². The molecule has 3 aromatic carbocycles. The SMILES string of the molecule is CCCOC1(c2ccccc2)CCN(CCN2c3ccccc3C(=O)NC2c2ccccc2)CC1.O.O.O=S(=O)(O)O. The summed E-state index contributed by atoms with van der Waals surface area (Å²) in [5.41, 5.74) is 3.96. The minimum atomic E-state index is -4.67. The summed E-state index contributed by atoms with van der Waals surface area (Å²) in [4.78, 5) is 17.7. The van der Waals surface area contributed by atoms with E-state index in [1.807, 2.05) is 36.4 Å². The molecule has 7 N–H and O–H groups in total. The lowest BCUT2D eigenvalue weighted by Gasteiger charge is -2.44. The van der Waals surface area contributed by atoms with Crippen LogP contribution < -0.4 is 10.2 Å². The van der Waals surface area contributed by atoms with Crippen LogP contribution in [-0.2, 0) is 20.7 Å². The Hall–Kier alpha value is -3.36. The molecule has 1 saturated heterocycles. The van der Waals surface area contributed by atoms with E-state index in [1.54, 1.807) is 0 Å². The number of carbonyl (C=O) groups excluding carboxylic acids is 1. The summed E-state index contributed by atoms with van der Waals surface area (Å²) in [7, 11) is -4.67. The van der Waals surface area contributed by atoms with Crippen molar-refractivity contribution in [3.05, 3.63) is 102 Å². The van der Waals surface area contributed by atoms with Crippen LogP contribution in [0.4, 0.5) is 5.69 Å². The molecule has 42 heavy (non-hydrogen) atoms. The first-order chi connectivity index (χ1) is 19.2. The predicted octanol–water partition coefficient (Wildman–Crippen LogP) is 3.05. The van der Waals surface area contributed by atoms with Gasteiger partial charge in [0.15, 0.2) is 0 Å². The second kappa shape index (κ2) is 15.8. The van der Waals surface area contributed by atoms with Crippen molar-refractivity contribution < 1.29 is 38.0 Å². The fraction of sp³-hybridized carbons (Fsp3) is 0.367. The zero-order valence-corrected chi connectivity index (χ0v) is 24.5. The maximum atomic E-state index is 12.9. The maximum Gasteiger partial charge on any atom is 0.394 e. The third-order valence-corrected chi connectivity index (χ3v) is 7.36. The number of anilines is 1. The fourth-order valence-corrected chi connectivity index (χ4v) is 5.43. The molecule has 0 aliphatic carbocycles. The molecule has 0 spiro atoms. The Bertz CT molecular complexity index is 1340. The minimum Gasteiger partial charge on any atom is -0.412 e. The van der Waals surface area contributed by atoms with Gasteiger partial charge in [-0.1, -0.05) is 79.7 Å². The summed E-state index contributed by atoms with van der Waals surface area (Å²) in [5.74, 6) is -0.00982. The van der Waals surface area contributed by atoms with Gasteiger partial charge in [0.2, 0.25) is 0 Å². The number of benzene rings is 3. The summed E-state index contributed by atoms with van der Waals surface area (Å²) in [6.45, 7) is 6.73. The lowest BCUT2D eigenvalue weighted by molar-refractivity contribution is -0.0894. The molecule has 3 aromatic rings. The van der Waals surface area contributed by atoms with Gasteiger partial charge >= 0.3 is 10.4 Å². The van der Waals surface area contributed by atoms with E-state index < -0.39 is 10.4 Å². The number of amides is 1. The van der Waals surface area contributed by atoms with Crippen molar-refractivity contribution in [2.45, 2.75) is 38.0 Å². The Balaban J connectivity index is 0.000000814. The molecular formula is C30H41N3O8S. The summed E-state index contributed by atoms with van der Waals surface area (Å²) >= 11 is 0. The number of nitrogens with one attached hydrogen (secondary N) is 1. The first-order valence-electron chi connectivity index (χ1n) is 13.5. The van der Waals surface area contributed by atoms with E-state index in [4.69, 9.17) is 22.3 Å². The van der Waals surface area contributed by atoms with Crippen LogP contribution in [0.25, 0.3) is 0 Å². The van der Waals surface area contributed by atoms with Gasteiger partial charge in [-0.25, -0.2) is 0 Å². The van der Waals surface area contributed by atoms with E-state index in [0.717, 1.165) is 68.9 Å². The molecule has 0 aromatic heterocycles. The first-order valence-corrected chi connectivity index (χ1v) is 14.9. The number of piperidine rings is 1. The Kier molecular flexibility index (Phi) is 13.1. The van der Waals surface area contributed by atoms with Crippen LogP contribution in [0.5, 0.6) is 0 Å². The third kappa shape index (κ3) is 9.07. The number of para-hydroxylation sites is 1. The summed E-state index contributed by atoms with van der Waals surface area (Å²) < 4.78 is 38.1. The van der Waals surface area contributed by atoms with Crippen LogP contribution >= 0.6 is 0 Å². The van der Waals surface area contributed by atoms with Crippen molar-refractivity contribution in [2.75, 3.05) is 37.7 Å². The maximum absolute atomic E-state index is 12.9. The standard InChI is InChI=1S/C30H35N3O2.H2O4S.2H2O/c1-2-23-35-30(25-13-7-4-8-14-25)17-19-32(20-18-30)21-22-33-27-16-10-9-15-26(27)29(34)31-28(33)24-11-5-3-6-12-24;1-5(2,3)4;;/h3-16,28H,2,17-23H2,1H3,(H,31,34);(H2,1,2,3,4);2*1H2. The van der Waals surface area contributed by atoms with Crippen molar-refractivity contribution in [3.8, 4) is 0 Å². The number of nitrogens with zero attached hydrogens (tertiary/aromatic N) is 2. The lowest BCUT2D eigenvalue weighted by atomic mass is 9.84. The fourth-order valence-electron chi connectivity index (χ4n) is 5.43. The molecule has 230 valence electrons. The van der Waals surface area contributed by atoms with Crippen molar-refractivity contribution in [2.24, 2.45) is 0 Å². The van der Waals surface area contributed by atoms with E-state index in [2.05, 4.69) is 70.6 Å². The average molecular weight is 604 g/mol. The smallest absolute Gasteiger partial charge is 0.394 e. The van der Waals surface area contributed by atoms with Gasteiger partial charge in [0.1, 0.15) is 6.17 Å². The van der Waals surface area contributed by atoms with E-state index in [0.29, 0.717) is 0 Å². The van der Waals surface area contributed by atoms with Crippen LogP contribution in [0.2, 0.25) is 0 Å². The average Bonchev–Trinajstić information content (AvgIpc) is 2.96. The van der Waals surface area contributed by atoms with Gasteiger partial charge in [0, 0.05) is 32.8 Å². The molecule has 12 heteroatoms. The number of hydrogen-bond donors (Lipinski definition) is 3. The van der Waals surface area contributed by atoms with Gasteiger partial charge in [-0.15, -0.1) is 0 Å². The molecular weight excluding hydrogens is 562 g/mol. The molecule has 2 heterocycles. The summed E-state index contributed by atoms with van der Waals surface area (Å²) in [5, 5.41) is 3.23. The molecule has 1 unspecified atom stereocenters. The molecule has 11 nitrogen and oxygen atoms in total. The Morgan fingerprint density at radius 1 is 0.881 bits per heavy atom. The van der Waals surface area contributed by atoms with Crippen molar-refractivity contribution in [3.63, 3.8) is 0 Å².